The quantitative estimate of drug-likeness (QED) is 0.655. The van der Waals surface area contributed by atoms with Gasteiger partial charge in [-0.25, -0.2) is 0 Å². The van der Waals surface area contributed by atoms with Crippen LogP contribution in [0.5, 0.6) is 5.75 Å². The van der Waals surface area contributed by atoms with E-state index in [-0.39, 0.29) is 11.8 Å². The Hall–Kier alpha value is -3.80. The molecule has 0 atom stereocenters. The van der Waals surface area contributed by atoms with Gasteiger partial charge in [-0.2, -0.15) is 0 Å². The summed E-state index contributed by atoms with van der Waals surface area (Å²) in [5, 5.41) is 3.33. The highest BCUT2D eigenvalue weighted by molar-refractivity contribution is 6.00. The summed E-state index contributed by atoms with van der Waals surface area (Å²) in [6, 6.07) is 22.7. The number of nitrogens with one attached hydrogen (secondary N) is 1. The number of hydrogen-bond donors (Lipinski definition) is 1. The number of methoxy groups -OCH3 is 1. The number of rotatable bonds is 5. The molecule has 1 aliphatic rings. The Kier molecular flexibility index (Phi) is 6.40. The normalized spacial score (nSPS) is 13.6. The van der Waals surface area contributed by atoms with E-state index in [1.807, 2.05) is 89.5 Å². The molecule has 0 saturated carbocycles. The monoisotopic (exact) mass is 429 g/mol. The maximum atomic E-state index is 13.3. The van der Waals surface area contributed by atoms with Gasteiger partial charge in [0.05, 0.1) is 18.4 Å². The first-order valence-corrected chi connectivity index (χ1v) is 10.7. The molecule has 1 saturated heterocycles. The molecule has 0 radical (unpaired) electrons. The second-order valence-corrected chi connectivity index (χ2v) is 7.85. The zero-order valence-electron chi connectivity index (χ0n) is 18.4. The molecule has 4 rings (SSSR count). The smallest absolute Gasteiger partial charge is 0.256 e. The second-order valence-electron chi connectivity index (χ2n) is 7.85. The summed E-state index contributed by atoms with van der Waals surface area (Å²) in [6.07, 6.45) is 0. The van der Waals surface area contributed by atoms with Crippen LogP contribution in [0.2, 0.25) is 0 Å². The van der Waals surface area contributed by atoms with Gasteiger partial charge in [-0.3, -0.25) is 9.59 Å². The number of aryl methyl sites for hydroxylation is 1. The molecule has 1 heterocycles. The van der Waals surface area contributed by atoms with E-state index < -0.39 is 0 Å². The molecular formula is C26H27N3O3. The molecule has 0 aliphatic carbocycles. The number of carbonyl (C=O) groups excluding carboxylic acids is 2. The third-order valence-corrected chi connectivity index (χ3v) is 5.68. The van der Waals surface area contributed by atoms with E-state index in [0.29, 0.717) is 37.3 Å². The average molecular weight is 430 g/mol. The standard InChI is InChI=1S/C26H27N3O3/c1-19-7-9-20(10-8-19)25(30)28-15-17-29(18-16-28)26(31)23-5-3-4-6-24(23)27-21-11-13-22(32-2)14-12-21/h3-14,27H,15-18H2,1-2H3. The number of anilines is 2. The predicted molar refractivity (Wildman–Crippen MR) is 126 cm³/mol. The summed E-state index contributed by atoms with van der Waals surface area (Å²) in [5.41, 5.74) is 4.05. The van der Waals surface area contributed by atoms with Crippen LogP contribution in [-0.2, 0) is 0 Å². The van der Waals surface area contributed by atoms with Crippen molar-refractivity contribution in [3.63, 3.8) is 0 Å². The maximum absolute atomic E-state index is 13.3. The highest BCUT2D eigenvalue weighted by Gasteiger charge is 2.26. The van der Waals surface area contributed by atoms with Crippen LogP contribution >= 0.6 is 0 Å². The Bertz CT molecular complexity index is 1090. The maximum Gasteiger partial charge on any atom is 0.256 e. The van der Waals surface area contributed by atoms with Gasteiger partial charge >= 0.3 is 0 Å². The largest absolute Gasteiger partial charge is 0.497 e. The van der Waals surface area contributed by atoms with Crippen LogP contribution < -0.4 is 10.1 Å². The highest BCUT2D eigenvalue weighted by Crippen LogP contribution is 2.24. The lowest BCUT2D eigenvalue weighted by atomic mass is 10.1. The molecule has 0 aromatic heterocycles. The summed E-state index contributed by atoms with van der Waals surface area (Å²) in [5.74, 6) is 0.751. The number of carbonyl (C=O) groups is 2. The number of para-hydroxylation sites is 1. The molecule has 0 bridgehead atoms. The molecule has 0 unspecified atom stereocenters. The fourth-order valence-electron chi connectivity index (χ4n) is 3.77. The van der Waals surface area contributed by atoms with Crippen molar-refractivity contribution in [2.75, 3.05) is 38.6 Å². The van der Waals surface area contributed by atoms with Crippen LogP contribution in [0.3, 0.4) is 0 Å². The molecule has 32 heavy (non-hydrogen) atoms. The van der Waals surface area contributed by atoms with E-state index in [0.717, 1.165) is 22.7 Å². The predicted octanol–water partition coefficient (Wildman–Crippen LogP) is 4.35. The third-order valence-electron chi connectivity index (χ3n) is 5.68. The van der Waals surface area contributed by atoms with Gasteiger partial charge < -0.3 is 19.9 Å². The van der Waals surface area contributed by atoms with Crippen molar-refractivity contribution in [3.8, 4) is 5.75 Å². The van der Waals surface area contributed by atoms with E-state index in [9.17, 15) is 9.59 Å². The van der Waals surface area contributed by atoms with Gasteiger partial charge in [0, 0.05) is 37.4 Å². The Morgan fingerprint density at radius 2 is 1.38 bits per heavy atom. The summed E-state index contributed by atoms with van der Waals surface area (Å²) in [7, 11) is 1.63. The second kappa shape index (κ2) is 9.56. The summed E-state index contributed by atoms with van der Waals surface area (Å²) in [6.45, 7) is 4.06. The number of nitrogens with zero attached hydrogens (tertiary/aromatic N) is 2. The van der Waals surface area contributed by atoms with Crippen molar-refractivity contribution in [1.29, 1.82) is 0 Å². The number of piperazine rings is 1. The number of ether oxygens (including phenoxy) is 1. The number of hydrogen-bond acceptors (Lipinski definition) is 4. The van der Waals surface area contributed by atoms with Gasteiger partial charge in [-0.05, 0) is 55.5 Å². The molecule has 6 heteroatoms. The Balaban J connectivity index is 1.42. The average Bonchev–Trinajstić information content (AvgIpc) is 2.84. The minimum Gasteiger partial charge on any atom is -0.497 e. The number of benzene rings is 3. The molecule has 2 amide bonds. The zero-order chi connectivity index (χ0) is 22.5. The van der Waals surface area contributed by atoms with Crippen molar-refractivity contribution in [3.05, 3.63) is 89.5 Å². The van der Waals surface area contributed by atoms with E-state index in [2.05, 4.69) is 5.32 Å². The van der Waals surface area contributed by atoms with Crippen LogP contribution in [0.25, 0.3) is 0 Å². The highest BCUT2D eigenvalue weighted by atomic mass is 16.5. The van der Waals surface area contributed by atoms with Crippen LogP contribution in [0.15, 0.2) is 72.8 Å². The zero-order valence-corrected chi connectivity index (χ0v) is 18.4. The first-order chi connectivity index (χ1) is 15.5. The van der Waals surface area contributed by atoms with Crippen molar-refractivity contribution in [2.24, 2.45) is 0 Å². The number of amides is 2. The lowest BCUT2D eigenvalue weighted by Crippen LogP contribution is -2.50. The molecule has 3 aromatic carbocycles. The van der Waals surface area contributed by atoms with Gasteiger partial charge in [-0.1, -0.05) is 29.8 Å². The summed E-state index contributed by atoms with van der Waals surface area (Å²) >= 11 is 0. The van der Waals surface area contributed by atoms with Gasteiger partial charge in [0.15, 0.2) is 0 Å². The lowest BCUT2D eigenvalue weighted by molar-refractivity contribution is 0.0536. The first-order valence-electron chi connectivity index (χ1n) is 10.7. The molecule has 3 aromatic rings. The van der Waals surface area contributed by atoms with Crippen LogP contribution in [0, 0.1) is 6.92 Å². The van der Waals surface area contributed by atoms with Crippen molar-refractivity contribution < 1.29 is 14.3 Å². The molecule has 1 N–H and O–H groups in total. The van der Waals surface area contributed by atoms with Crippen LogP contribution in [0.4, 0.5) is 11.4 Å². The van der Waals surface area contributed by atoms with Crippen LogP contribution in [0.1, 0.15) is 26.3 Å². The first kappa shape index (κ1) is 21.4. The molecule has 6 nitrogen and oxygen atoms in total. The van der Waals surface area contributed by atoms with Crippen molar-refractivity contribution in [1.82, 2.24) is 9.80 Å². The van der Waals surface area contributed by atoms with Gasteiger partial charge in [0.1, 0.15) is 5.75 Å². The van der Waals surface area contributed by atoms with Crippen molar-refractivity contribution >= 4 is 23.2 Å². The molecular weight excluding hydrogens is 402 g/mol. The van der Waals surface area contributed by atoms with Gasteiger partial charge in [-0.15, -0.1) is 0 Å². The SMILES string of the molecule is COc1ccc(Nc2ccccc2C(=O)N2CCN(C(=O)c3ccc(C)cc3)CC2)cc1. The van der Waals surface area contributed by atoms with E-state index in [1.165, 1.54) is 0 Å². The Morgan fingerprint density at radius 3 is 2.00 bits per heavy atom. The van der Waals surface area contributed by atoms with Gasteiger partial charge in [0.25, 0.3) is 11.8 Å². The van der Waals surface area contributed by atoms with Crippen molar-refractivity contribution in [2.45, 2.75) is 6.92 Å². The third kappa shape index (κ3) is 4.75. The fraction of sp³-hybridized carbons (Fsp3) is 0.231. The minimum absolute atomic E-state index is 0.0127. The molecule has 1 fully saturated rings. The molecule has 1 aliphatic heterocycles. The lowest BCUT2D eigenvalue weighted by Gasteiger charge is -2.35. The summed E-state index contributed by atoms with van der Waals surface area (Å²) < 4.78 is 5.20. The Morgan fingerprint density at radius 1 is 0.781 bits per heavy atom. The fourth-order valence-corrected chi connectivity index (χ4v) is 3.77. The minimum atomic E-state index is -0.0379. The van der Waals surface area contributed by atoms with Gasteiger partial charge in [0.2, 0.25) is 0 Å². The molecule has 164 valence electrons. The van der Waals surface area contributed by atoms with E-state index in [4.69, 9.17) is 4.74 Å². The summed E-state index contributed by atoms with van der Waals surface area (Å²) in [4.78, 5) is 29.7. The molecule has 0 spiro atoms. The topological polar surface area (TPSA) is 61.9 Å². The van der Waals surface area contributed by atoms with Crippen LogP contribution in [-0.4, -0.2) is 54.9 Å². The van der Waals surface area contributed by atoms with E-state index >= 15 is 0 Å². The Labute approximate surface area is 188 Å². The van der Waals surface area contributed by atoms with E-state index in [1.54, 1.807) is 7.11 Å².